The third-order valence-electron chi connectivity index (χ3n) is 2.57. The molecule has 0 radical (unpaired) electrons. The van der Waals surface area contributed by atoms with Gasteiger partial charge in [-0.1, -0.05) is 24.3 Å². The Hall–Kier alpha value is -2.29. The number of ether oxygens (including phenoxy) is 1. The van der Waals surface area contributed by atoms with E-state index in [0.29, 0.717) is 11.5 Å². The molecule has 3 nitrogen and oxygen atoms in total. The number of hydrogen-bond donors (Lipinski definition) is 0. The smallest absolute Gasteiger partial charge is 0.218 e. The summed E-state index contributed by atoms with van der Waals surface area (Å²) in [5.41, 5.74) is 1.55. The summed E-state index contributed by atoms with van der Waals surface area (Å²) in [5.74, 6) is 1.40. The fourth-order valence-electron chi connectivity index (χ4n) is 1.85. The Morgan fingerprint density at radius 2 is 1.38 bits per heavy atom. The number of nitrogens with zero attached hydrogens (tertiary/aromatic N) is 1. The second-order valence-corrected chi connectivity index (χ2v) is 3.51. The van der Waals surface area contributed by atoms with E-state index in [0.717, 1.165) is 17.8 Å². The van der Waals surface area contributed by atoms with Crippen LogP contribution in [0.3, 0.4) is 0 Å². The van der Waals surface area contributed by atoms with Gasteiger partial charge in [0.1, 0.15) is 0 Å². The molecule has 3 rings (SSSR count). The summed E-state index contributed by atoms with van der Waals surface area (Å²) in [7, 11) is 0. The Bertz CT molecular complexity index is 506. The van der Waals surface area contributed by atoms with E-state index in [9.17, 15) is 4.79 Å². The van der Waals surface area contributed by atoms with Gasteiger partial charge in [-0.3, -0.25) is 9.69 Å². The lowest BCUT2D eigenvalue weighted by molar-refractivity contribution is -0.106. The third kappa shape index (κ3) is 1.18. The number of amides is 1. The van der Waals surface area contributed by atoms with Crippen LogP contribution in [0.4, 0.5) is 11.4 Å². The standard InChI is InChI=1S/C13H9NO2/c15-9-14-10-5-1-3-7-12(10)16-13-8-4-2-6-11(13)14/h1-9H. The highest BCUT2D eigenvalue weighted by Crippen LogP contribution is 2.45. The van der Waals surface area contributed by atoms with Gasteiger partial charge in [-0.2, -0.15) is 0 Å². The van der Waals surface area contributed by atoms with Crippen LogP contribution in [-0.4, -0.2) is 6.41 Å². The van der Waals surface area contributed by atoms with Gasteiger partial charge < -0.3 is 4.74 Å². The Morgan fingerprint density at radius 1 is 0.875 bits per heavy atom. The first-order chi connectivity index (χ1) is 7.90. The van der Waals surface area contributed by atoms with Crippen molar-refractivity contribution in [3.8, 4) is 11.5 Å². The van der Waals surface area contributed by atoms with E-state index in [-0.39, 0.29) is 0 Å². The molecule has 3 heteroatoms. The van der Waals surface area contributed by atoms with Gasteiger partial charge in [0.25, 0.3) is 0 Å². The minimum atomic E-state index is 0.702. The molecule has 0 bridgehead atoms. The van der Waals surface area contributed by atoms with Crippen LogP contribution < -0.4 is 9.64 Å². The predicted molar refractivity (Wildman–Crippen MR) is 61.2 cm³/mol. The van der Waals surface area contributed by atoms with Gasteiger partial charge in [0.2, 0.25) is 6.41 Å². The summed E-state index contributed by atoms with van der Waals surface area (Å²) >= 11 is 0. The molecule has 1 aliphatic heterocycles. The van der Waals surface area contributed by atoms with E-state index >= 15 is 0 Å². The second kappa shape index (κ2) is 3.38. The SMILES string of the molecule is O=CN1c2ccccc2Oc2ccccc21. The van der Waals surface area contributed by atoms with Crippen molar-refractivity contribution in [3.05, 3.63) is 48.5 Å². The van der Waals surface area contributed by atoms with E-state index in [4.69, 9.17) is 4.74 Å². The van der Waals surface area contributed by atoms with E-state index < -0.39 is 0 Å². The third-order valence-corrected chi connectivity index (χ3v) is 2.57. The molecule has 0 unspecified atom stereocenters. The van der Waals surface area contributed by atoms with Crippen LogP contribution in [0, 0.1) is 0 Å². The number of carbonyl (C=O) groups excluding carboxylic acids is 1. The van der Waals surface area contributed by atoms with Gasteiger partial charge in [-0.15, -0.1) is 0 Å². The van der Waals surface area contributed by atoms with Crippen LogP contribution >= 0.6 is 0 Å². The molecule has 16 heavy (non-hydrogen) atoms. The molecule has 0 atom stereocenters. The van der Waals surface area contributed by atoms with Crippen LogP contribution in [0.1, 0.15) is 0 Å². The van der Waals surface area contributed by atoms with Crippen LogP contribution in [0.2, 0.25) is 0 Å². The minimum absolute atomic E-state index is 0.702. The van der Waals surface area contributed by atoms with Crippen LogP contribution in [0.5, 0.6) is 11.5 Å². The zero-order valence-corrected chi connectivity index (χ0v) is 8.46. The molecule has 1 aliphatic rings. The fourth-order valence-corrected chi connectivity index (χ4v) is 1.85. The Balaban J connectivity index is 2.23. The number of carbonyl (C=O) groups is 1. The van der Waals surface area contributed by atoms with E-state index in [1.807, 2.05) is 48.5 Å². The highest BCUT2D eigenvalue weighted by atomic mass is 16.5. The summed E-state index contributed by atoms with van der Waals surface area (Å²) in [4.78, 5) is 12.7. The minimum Gasteiger partial charge on any atom is -0.453 e. The molecule has 0 spiro atoms. The zero-order chi connectivity index (χ0) is 11.0. The monoisotopic (exact) mass is 211 g/mol. The molecule has 0 aromatic heterocycles. The Morgan fingerprint density at radius 3 is 1.88 bits per heavy atom. The van der Waals surface area contributed by atoms with E-state index in [1.54, 1.807) is 4.90 Å². The maximum Gasteiger partial charge on any atom is 0.218 e. The molecule has 0 saturated heterocycles. The lowest BCUT2D eigenvalue weighted by atomic mass is 10.2. The molecular formula is C13H9NO2. The van der Waals surface area contributed by atoms with Crippen LogP contribution in [0.25, 0.3) is 0 Å². The number of benzene rings is 2. The maximum absolute atomic E-state index is 11.2. The maximum atomic E-state index is 11.2. The number of hydrogen-bond acceptors (Lipinski definition) is 2. The Kier molecular flexibility index (Phi) is 1.90. The van der Waals surface area contributed by atoms with Crippen molar-refractivity contribution in [2.75, 3.05) is 4.90 Å². The topological polar surface area (TPSA) is 29.5 Å². The molecular weight excluding hydrogens is 202 g/mol. The summed E-state index contributed by atoms with van der Waals surface area (Å²) in [6.45, 7) is 0. The first kappa shape index (κ1) is 8.97. The average molecular weight is 211 g/mol. The number of para-hydroxylation sites is 4. The molecule has 2 aromatic rings. The van der Waals surface area contributed by atoms with Gasteiger partial charge in [0.15, 0.2) is 11.5 Å². The number of anilines is 2. The van der Waals surface area contributed by atoms with Gasteiger partial charge in [0.05, 0.1) is 11.4 Å². The first-order valence-corrected chi connectivity index (χ1v) is 5.00. The quantitative estimate of drug-likeness (QED) is 0.678. The summed E-state index contributed by atoms with van der Waals surface area (Å²) in [6, 6.07) is 15.0. The van der Waals surface area contributed by atoms with Crippen LogP contribution in [-0.2, 0) is 4.79 Å². The van der Waals surface area contributed by atoms with Crippen molar-refractivity contribution in [1.82, 2.24) is 0 Å². The molecule has 0 saturated carbocycles. The molecule has 2 aromatic carbocycles. The largest absolute Gasteiger partial charge is 0.453 e. The van der Waals surface area contributed by atoms with Gasteiger partial charge in [-0.25, -0.2) is 0 Å². The molecule has 1 amide bonds. The van der Waals surface area contributed by atoms with E-state index in [2.05, 4.69) is 0 Å². The second-order valence-electron chi connectivity index (χ2n) is 3.51. The summed E-state index contributed by atoms with van der Waals surface area (Å²) in [6.07, 6.45) is 0.806. The average Bonchev–Trinajstić information content (AvgIpc) is 2.36. The molecule has 0 fully saturated rings. The van der Waals surface area contributed by atoms with Gasteiger partial charge in [0, 0.05) is 0 Å². The van der Waals surface area contributed by atoms with Crippen molar-refractivity contribution in [2.24, 2.45) is 0 Å². The van der Waals surface area contributed by atoms with Crippen molar-refractivity contribution in [1.29, 1.82) is 0 Å². The Labute approximate surface area is 92.9 Å². The lowest BCUT2D eigenvalue weighted by Gasteiger charge is -2.27. The first-order valence-electron chi connectivity index (χ1n) is 5.00. The van der Waals surface area contributed by atoms with Crippen molar-refractivity contribution in [3.63, 3.8) is 0 Å². The molecule has 0 aliphatic carbocycles. The van der Waals surface area contributed by atoms with Crippen molar-refractivity contribution in [2.45, 2.75) is 0 Å². The lowest BCUT2D eigenvalue weighted by Crippen LogP contribution is -2.18. The van der Waals surface area contributed by atoms with E-state index in [1.165, 1.54) is 0 Å². The van der Waals surface area contributed by atoms with Gasteiger partial charge >= 0.3 is 0 Å². The zero-order valence-electron chi connectivity index (χ0n) is 8.46. The highest BCUT2D eigenvalue weighted by molar-refractivity contribution is 5.93. The fraction of sp³-hybridized carbons (Fsp3) is 0. The molecule has 1 heterocycles. The van der Waals surface area contributed by atoms with Gasteiger partial charge in [-0.05, 0) is 24.3 Å². The summed E-state index contributed by atoms with van der Waals surface area (Å²) in [5, 5.41) is 0. The van der Waals surface area contributed by atoms with Crippen molar-refractivity contribution >= 4 is 17.8 Å². The molecule has 78 valence electrons. The summed E-state index contributed by atoms with van der Waals surface area (Å²) < 4.78 is 5.71. The number of rotatable bonds is 1. The van der Waals surface area contributed by atoms with Crippen molar-refractivity contribution < 1.29 is 9.53 Å². The van der Waals surface area contributed by atoms with Crippen LogP contribution in [0.15, 0.2) is 48.5 Å². The highest BCUT2D eigenvalue weighted by Gasteiger charge is 2.22. The predicted octanol–water partition coefficient (Wildman–Crippen LogP) is 3.09. The molecule has 0 N–H and O–H groups in total. The normalized spacial score (nSPS) is 12.4. The number of fused-ring (bicyclic) bond motifs is 2.